The molecule has 1 aromatic rings. The molecule has 0 atom stereocenters. The Kier molecular flexibility index (Phi) is 1.55. The number of aromatic amines is 1. The summed E-state index contributed by atoms with van der Waals surface area (Å²) in [5, 5.41) is 9.51. The minimum absolute atomic E-state index is 0.0723. The SMILES string of the molecule is Cc1c(O)n(C2CC2)c(=O)[nH]c1=O. The maximum Gasteiger partial charge on any atom is 0.331 e. The van der Waals surface area contributed by atoms with Crippen LogP contribution in [0.25, 0.3) is 0 Å². The van der Waals surface area contributed by atoms with Crippen molar-refractivity contribution in [3.05, 3.63) is 26.4 Å². The Balaban J connectivity index is 2.74. The molecule has 0 saturated heterocycles. The van der Waals surface area contributed by atoms with Gasteiger partial charge in [-0.1, -0.05) is 0 Å². The first kappa shape index (κ1) is 8.10. The van der Waals surface area contributed by atoms with E-state index in [1.54, 1.807) is 0 Å². The van der Waals surface area contributed by atoms with Gasteiger partial charge < -0.3 is 5.11 Å². The number of hydrogen-bond donors (Lipinski definition) is 2. The van der Waals surface area contributed by atoms with Crippen LogP contribution in [-0.4, -0.2) is 14.7 Å². The molecule has 1 aliphatic rings. The number of aromatic nitrogens is 2. The molecule has 0 unspecified atom stereocenters. The zero-order valence-electron chi connectivity index (χ0n) is 7.20. The van der Waals surface area contributed by atoms with Crippen LogP contribution in [0, 0.1) is 6.92 Å². The highest BCUT2D eigenvalue weighted by Crippen LogP contribution is 2.36. The molecule has 0 bridgehead atoms. The van der Waals surface area contributed by atoms with Gasteiger partial charge in [-0.2, -0.15) is 0 Å². The number of hydrogen-bond acceptors (Lipinski definition) is 3. The van der Waals surface area contributed by atoms with Crippen molar-refractivity contribution in [2.24, 2.45) is 0 Å². The number of nitrogens with one attached hydrogen (secondary N) is 1. The Hall–Kier alpha value is -1.52. The maximum atomic E-state index is 11.2. The van der Waals surface area contributed by atoms with Gasteiger partial charge in [-0.15, -0.1) is 0 Å². The van der Waals surface area contributed by atoms with Crippen molar-refractivity contribution in [1.82, 2.24) is 9.55 Å². The summed E-state index contributed by atoms with van der Waals surface area (Å²) in [6.45, 7) is 1.49. The second-order valence-corrected chi connectivity index (χ2v) is 3.31. The third kappa shape index (κ3) is 1.16. The average molecular weight is 182 g/mol. The Bertz CT molecular complexity index is 453. The number of H-pyrrole nitrogens is 1. The lowest BCUT2D eigenvalue weighted by Crippen LogP contribution is -2.30. The molecule has 0 aromatic carbocycles. The Morgan fingerprint density at radius 2 is 2.08 bits per heavy atom. The predicted molar refractivity (Wildman–Crippen MR) is 46.0 cm³/mol. The summed E-state index contributed by atoms with van der Waals surface area (Å²) in [5.74, 6) is -0.198. The van der Waals surface area contributed by atoms with Gasteiger partial charge in [-0.3, -0.25) is 14.3 Å². The molecular formula is C8H10N2O3. The number of aromatic hydroxyl groups is 1. The van der Waals surface area contributed by atoms with E-state index in [1.165, 1.54) is 11.5 Å². The summed E-state index contributed by atoms with van der Waals surface area (Å²) in [6.07, 6.45) is 1.78. The molecule has 5 heteroatoms. The van der Waals surface area contributed by atoms with Crippen LogP contribution in [0.4, 0.5) is 0 Å². The van der Waals surface area contributed by atoms with Gasteiger partial charge in [0.25, 0.3) is 5.56 Å². The van der Waals surface area contributed by atoms with E-state index in [2.05, 4.69) is 4.98 Å². The van der Waals surface area contributed by atoms with Crippen LogP contribution in [0.15, 0.2) is 9.59 Å². The van der Waals surface area contributed by atoms with Crippen LogP contribution in [0.2, 0.25) is 0 Å². The number of nitrogens with zero attached hydrogens (tertiary/aromatic N) is 1. The van der Waals surface area contributed by atoms with Crippen molar-refractivity contribution < 1.29 is 5.11 Å². The van der Waals surface area contributed by atoms with Gasteiger partial charge in [0.15, 0.2) is 0 Å². The van der Waals surface area contributed by atoms with Crippen LogP contribution >= 0.6 is 0 Å². The second kappa shape index (κ2) is 2.48. The molecular weight excluding hydrogens is 172 g/mol. The fourth-order valence-corrected chi connectivity index (χ4v) is 1.30. The first-order valence-corrected chi connectivity index (χ1v) is 4.15. The summed E-state index contributed by atoms with van der Waals surface area (Å²) in [4.78, 5) is 24.4. The summed E-state index contributed by atoms with van der Waals surface area (Å²) >= 11 is 0. The van der Waals surface area contributed by atoms with Crippen LogP contribution < -0.4 is 11.2 Å². The van der Waals surface area contributed by atoms with E-state index in [-0.39, 0.29) is 17.5 Å². The molecule has 13 heavy (non-hydrogen) atoms. The van der Waals surface area contributed by atoms with E-state index in [0.717, 1.165) is 12.8 Å². The normalized spacial score (nSPS) is 16.1. The van der Waals surface area contributed by atoms with Gasteiger partial charge in [0.05, 0.1) is 5.56 Å². The fraction of sp³-hybridized carbons (Fsp3) is 0.500. The molecule has 2 N–H and O–H groups in total. The third-order valence-electron chi connectivity index (χ3n) is 2.26. The molecule has 2 rings (SSSR count). The first-order valence-electron chi connectivity index (χ1n) is 4.15. The number of rotatable bonds is 1. The molecule has 0 amide bonds. The minimum Gasteiger partial charge on any atom is -0.494 e. The van der Waals surface area contributed by atoms with Gasteiger partial charge in [-0.05, 0) is 19.8 Å². The fourth-order valence-electron chi connectivity index (χ4n) is 1.30. The smallest absolute Gasteiger partial charge is 0.331 e. The van der Waals surface area contributed by atoms with E-state index < -0.39 is 11.2 Å². The van der Waals surface area contributed by atoms with Crippen LogP contribution in [-0.2, 0) is 0 Å². The van der Waals surface area contributed by atoms with Gasteiger partial charge in [-0.25, -0.2) is 4.79 Å². The summed E-state index contributed by atoms with van der Waals surface area (Å²) in [5.41, 5.74) is -0.832. The molecule has 1 aromatic heterocycles. The lowest BCUT2D eigenvalue weighted by atomic mass is 10.3. The van der Waals surface area contributed by atoms with Gasteiger partial charge >= 0.3 is 5.69 Å². The first-order chi connectivity index (χ1) is 6.11. The average Bonchev–Trinajstić information content (AvgIpc) is 2.84. The monoisotopic (exact) mass is 182 g/mol. The molecule has 1 fully saturated rings. The minimum atomic E-state index is -0.518. The van der Waals surface area contributed by atoms with E-state index in [9.17, 15) is 14.7 Å². The lowest BCUT2D eigenvalue weighted by molar-refractivity contribution is 0.397. The lowest BCUT2D eigenvalue weighted by Gasteiger charge is -2.06. The highest BCUT2D eigenvalue weighted by Gasteiger charge is 2.28. The summed E-state index contributed by atoms with van der Waals surface area (Å²) in [7, 11) is 0. The Morgan fingerprint density at radius 1 is 1.46 bits per heavy atom. The molecule has 5 nitrogen and oxygen atoms in total. The van der Waals surface area contributed by atoms with Crippen molar-refractivity contribution in [2.45, 2.75) is 25.8 Å². The van der Waals surface area contributed by atoms with Crippen molar-refractivity contribution in [2.75, 3.05) is 0 Å². The standard InChI is InChI=1S/C8H10N2O3/c1-4-6(11)9-8(13)10(7(4)12)5-2-3-5/h5,12H,2-3H2,1H3,(H,9,11,13). The molecule has 70 valence electrons. The van der Waals surface area contributed by atoms with E-state index in [0.29, 0.717) is 0 Å². The second-order valence-electron chi connectivity index (χ2n) is 3.31. The van der Waals surface area contributed by atoms with Crippen molar-refractivity contribution in [3.8, 4) is 5.88 Å². The van der Waals surface area contributed by atoms with E-state index in [4.69, 9.17) is 0 Å². The van der Waals surface area contributed by atoms with Crippen molar-refractivity contribution in [3.63, 3.8) is 0 Å². The highest BCUT2D eigenvalue weighted by atomic mass is 16.3. The molecule has 1 aliphatic carbocycles. The third-order valence-corrected chi connectivity index (χ3v) is 2.26. The molecule has 0 aliphatic heterocycles. The summed E-state index contributed by atoms with van der Waals surface area (Å²) in [6, 6.07) is 0.0723. The van der Waals surface area contributed by atoms with Crippen LogP contribution in [0.3, 0.4) is 0 Å². The van der Waals surface area contributed by atoms with E-state index >= 15 is 0 Å². The Labute approximate surface area is 73.7 Å². The molecule has 1 heterocycles. The van der Waals surface area contributed by atoms with E-state index in [1.807, 2.05) is 0 Å². The van der Waals surface area contributed by atoms with Gasteiger partial charge in [0.1, 0.15) is 0 Å². The maximum absolute atomic E-state index is 11.2. The van der Waals surface area contributed by atoms with Crippen molar-refractivity contribution >= 4 is 0 Å². The highest BCUT2D eigenvalue weighted by molar-refractivity contribution is 5.21. The van der Waals surface area contributed by atoms with Gasteiger partial charge in [0, 0.05) is 6.04 Å². The zero-order valence-corrected chi connectivity index (χ0v) is 7.20. The Morgan fingerprint density at radius 3 is 2.62 bits per heavy atom. The zero-order chi connectivity index (χ0) is 9.59. The van der Waals surface area contributed by atoms with Gasteiger partial charge in [0.2, 0.25) is 5.88 Å². The predicted octanol–water partition coefficient (Wildman–Crippen LogP) is -0.114. The largest absolute Gasteiger partial charge is 0.494 e. The van der Waals surface area contributed by atoms with Crippen LogP contribution in [0.1, 0.15) is 24.4 Å². The molecule has 0 radical (unpaired) electrons. The van der Waals surface area contributed by atoms with Crippen LogP contribution in [0.5, 0.6) is 5.88 Å². The topological polar surface area (TPSA) is 75.1 Å². The quantitative estimate of drug-likeness (QED) is 0.636. The van der Waals surface area contributed by atoms with Crippen molar-refractivity contribution in [1.29, 1.82) is 0 Å². The molecule has 0 spiro atoms. The summed E-state index contributed by atoms with van der Waals surface area (Å²) < 4.78 is 1.25. The molecule has 1 saturated carbocycles.